The van der Waals surface area contributed by atoms with Crippen LogP contribution in [0.5, 0.6) is 0 Å². The monoisotopic (exact) mass is 209 g/mol. The van der Waals surface area contributed by atoms with Crippen LogP contribution in [0, 0.1) is 6.92 Å². The van der Waals surface area contributed by atoms with Crippen molar-refractivity contribution in [1.29, 1.82) is 0 Å². The van der Waals surface area contributed by atoms with Crippen molar-refractivity contribution in [3.63, 3.8) is 0 Å². The van der Waals surface area contributed by atoms with Gasteiger partial charge in [0, 0.05) is 23.2 Å². The lowest BCUT2D eigenvalue weighted by molar-refractivity contribution is -0.108. The molecule has 1 N–H and O–H groups in total. The highest BCUT2D eigenvalue weighted by atomic mass is 35.5. The molecule has 0 spiro atoms. The van der Waals surface area contributed by atoms with Gasteiger partial charge in [-0.3, -0.25) is 0 Å². The first-order valence-corrected chi connectivity index (χ1v) is 5.08. The van der Waals surface area contributed by atoms with Crippen LogP contribution in [0.15, 0.2) is 12.1 Å². The standard InChI is InChI=1S/C11H12ClNO/c1-7-10(12)3-2-8-6-9(4-5-14)13-11(7)8/h2-3,5,9,13H,4,6H2,1H3. The summed E-state index contributed by atoms with van der Waals surface area (Å²) in [6.45, 7) is 2.00. The third-order valence-electron chi connectivity index (χ3n) is 2.68. The Labute approximate surface area is 88.3 Å². The predicted molar refractivity (Wildman–Crippen MR) is 58.0 cm³/mol. The van der Waals surface area contributed by atoms with Crippen LogP contribution in [-0.4, -0.2) is 12.3 Å². The molecule has 0 bridgehead atoms. The van der Waals surface area contributed by atoms with Gasteiger partial charge in [-0.2, -0.15) is 0 Å². The van der Waals surface area contributed by atoms with E-state index in [2.05, 4.69) is 5.32 Å². The van der Waals surface area contributed by atoms with Crippen molar-refractivity contribution in [1.82, 2.24) is 0 Å². The Morgan fingerprint density at radius 2 is 2.43 bits per heavy atom. The fourth-order valence-electron chi connectivity index (χ4n) is 1.89. The van der Waals surface area contributed by atoms with Crippen LogP contribution < -0.4 is 5.32 Å². The molecule has 0 saturated carbocycles. The second-order valence-corrected chi connectivity index (χ2v) is 4.06. The molecule has 1 atom stereocenters. The van der Waals surface area contributed by atoms with Crippen LogP contribution in [0.3, 0.4) is 0 Å². The van der Waals surface area contributed by atoms with Crippen LogP contribution in [0.4, 0.5) is 5.69 Å². The van der Waals surface area contributed by atoms with Crippen LogP contribution in [0.2, 0.25) is 5.02 Å². The minimum absolute atomic E-state index is 0.250. The topological polar surface area (TPSA) is 29.1 Å². The van der Waals surface area contributed by atoms with Gasteiger partial charge in [0.15, 0.2) is 0 Å². The Bertz CT molecular complexity index is 376. The lowest BCUT2D eigenvalue weighted by Crippen LogP contribution is -2.15. The molecular formula is C11H12ClNO. The van der Waals surface area contributed by atoms with Gasteiger partial charge in [-0.25, -0.2) is 0 Å². The zero-order valence-electron chi connectivity index (χ0n) is 8.01. The van der Waals surface area contributed by atoms with Crippen LogP contribution in [0.1, 0.15) is 17.5 Å². The average molecular weight is 210 g/mol. The van der Waals surface area contributed by atoms with E-state index in [4.69, 9.17) is 11.6 Å². The van der Waals surface area contributed by atoms with Gasteiger partial charge >= 0.3 is 0 Å². The first-order chi connectivity index (χ1) is 6.72. The summed E-state index contributed by atoms with van der Waals surface area (Å²) in [6.07, 6.45) is 2.44. The summed E-state index contributed by atoms with van der Waals surface area (Å²) in [5, 5.41) is 4.11. The predicted octanol–water partition coefficient (Wildman–Crippen LogP) is 2.57. The van der Waals surface area contributed by atoms with Gasteiger partial charge in [0.2, 0.25) is 0 Å². The fraction of sp³-hybridized carbons (Fsp3) is 0.364. The Kier molecular flexibility index (Phi) is 2.46. The van der Waals surface area contributed by atoms with E-state index in [9.17, 15) is 4.79 Å². The molecule has 74 valence electrons. The lowest BCUT2D eigenvalue weighted by atomic mass is 10.1. The summed E-state index contributed by atoms with van der Waals surface area (Å²) in [7, 11) is 0. The minimum Gasteiger partial charge on any atom is -0.381 e. The number of halogens is 1. The Morgan fingerprint density at radius 1 is 1.64 bits per heavy atom. The molecule has 0 aliphatic carbocycles. The summed E-state index contributed by atoms with van der Waals surface area (Å²) in [4.78, 5) is 10.4. The third-order valence-corrected chi connectivity index (χ3v) is 3.09. The maximum Gasteiger partial charge on any atom is 0.122 e. The first kappa shape index (κ1) is 9.53. The lowest BCUT2D eigenvalue weighted by Gasteiger charge is -2.08. The molecule has 0 amide bonds. The number of fused-ring (bicyclic) bond motifs is 1. The van der Waals surface area contributed by atoms with Crippen molar-refractivity contribution < 1.29 is 4.79 Å². The van der Waals surface area contributed by atoms with Crippen molar-refractivity contribution in [2.75, 3.05) is 5.32 Å². The minimum atomic E-state index is 0.250. The molecule has 0 radical (unpaired) electrons. The number of carbonyl (C=O) groups is 1. The fourth-order valence-corrected chi connectivity index (χ4v) is 2.05. The number of hydrogen-bond acceptors (Lipinski definition) is 2. The highest BCUT2D eigenvalue weighted by Gasteiger charge is 2.22. The Balaban J connectivity index is 2.30. The van der Waals surface area contributed by atoms with E-state index in [-0.39, 0.29) is 6.04 Å². The van der Waals surface area contributed by atoms with Gasteiger partial charge in [0.05, 0.1) is 0 Å². The highest BCUT2D eigenvalue weighted by molar-refractivity contribution is 6.31. The molecule has 1 aromatic rings. The van der Waals surface area contributed by atoms with Gasteiger partial charge in [-0.05, 0) is 30.5 Å². The molecule has 2 rings (SSSR count). The quantitative estimate of drug-likeness (QED) is 0.759. The molecular weight excluding hydrogens is 198 g/mol. The summed E-state index contributed by atoms with van der Waals surface area (Å²) in [5.41, 5.74) is 3.46. The van der Waals surface area contributed by atoms with E-state index >= 15 is 0 Å². The number of rotatable bonds is 2. The zero-order chi connectivity index (χ0) is 10.1. The number of carbonyl (C=O) groups excluding carboxylic acids is 1. The van der Waals surface area contributed by atoms with E-state index in [0.717, 1.165) is 29.0 Å². The maximum atomic E-state index is 10.4. The van der Waals surface area contributed by atoms with Crippen molar-refractivity contribution in [2.24, 2.45) is 0 Å². The summed E-state index contributed by atoms with van der Waals surface area (Å²) in [5.74, 6) is 0. The second kappa shape index (κ2) is 3.62. The van der Waals surface area contributed by atoms with Gasteiger partial charge in [0.1, 0.15) is 6.29 Å². The van der Waals surface area contributed by atoms with Crippen LogP contribution >= 0.6 is 11.6 Å². The average Bonchev–Trinajstić information content (AvgIpc) is 2.56. The van der Waals surface area contributed by atoms with E-state index in [1.165, 1.54) is 5.56 Å². The summed E-state index contributed by atoms with van der Waals surface area (Å²) < 4.78 is 0. The Morgan fingerprint density at radius 3 is 3.14 bits per heavy atom. The van der Waals surface area contributed by atoms with E-state index in [1.54, 1.807) is 0 Å². The molecule has 1 aromatic carbocycles. The number of aldehydes is 1. The van der Waals surface area contributed by atoms with Crippen LogP contribution in [0.25, 0.3) is 0 Å². The number of benzene rings is 1. The second-order valence-electron chi connectivity index (χ2n) is 3.65. The largest absolute Gasteiger partial charge is 0.381 e. The molecule has 14 heavy (non-hydrogen) atoms. The highest BCUT2D eigenvalue weighted by Crippen LogP contribution is 2.33. The van der Waals surface area contributed by atoms with E-state index in [1.807, 2.05) is 19.1 Å². The maximum absolute atomic E-state index is 10.4. The van der Waals surface area contributed by atoms with Gasteiger partial charge in [0.25, 0.3) is 0 Å². The van der Waals surface area contributed by atoms with Crippen molar-refractivity contribution >= 4 is 23.6 Å². The van der Waals surface area contributed by atoms with Crippen LogP contribution in [-0.2, 0) is 11.2 Å². The van der Waals surface area contributed by atoms with Crippen molar-refractivity contribution in [2.45, 2.75) is 25.8 Å². The molecule has 1 aliphatic rings. The number of anilines is 1. The first-order valence-electron chi connectivity index (χ1n) is 4.70. The molecule has 3 heteroatoms. The molecule has 0 aromatic heterocycles. The molecule has 2 nitrogen and oxygen atoms in total. The van der Waals surface area contributed by atoms with Gasteiger partial charge in [-0.1, -0.05) is 17.7 Å². The summed E-state index contributed by atoms with van der Waals surface area (Å²) in [6, 6.07) is 4.20. The summed E-state index contributed by atoms with van der Waals surface area (Å²) >= 11 is 6.01. The number of hydrogen-bond donors (Lipinski definition) is 1. The molecule has 1 aliphatic heterocycles. The van der Waals surface area contributed by atoms with E-state index < -0.39 is 0 Å². The molecule has 0 fully saturated rings. The third kappa shape index (κ3) is 1.50. The Hall–Kier alpha value is -1.02. The van der Waals surface area contributed by atoms with Gasteiger partial charge < -0.3 is 10.1 Å². The smallest absolute Gasteiger partial charge is 0.122 e. The van der Waals surface area contributed by atoms with Crippen molar-refractivity contribution in [3.05, 3.63) is 28.3 Å². The van der Waals surface area contributed by atoms with Gasteiger partial charge in [-0.15, -0.1) is 0 Å². The zero-order valence-corrected chi connectivity index (χ0v) is 8.77. The normalized spacial score (nSPS) is 18.9. The molecule has 1 heterocycles. The molecule has 0 saturated heterocycles. The van der Waals surface area contributed by atoms with Crippen molar-refractivity contribution in [3.8, 4) is 0 Å². The SMILES string of the molecule is Cc1c(Cl)ccc2c1NC(CC=O)C2. The van der Waals surface area contributed by atoms with E-state index in [0.29, 0.717) is 6.42 Å². The number of nitrogens with one attached hydrogen (secondary N) is 1. The molecule has 1 unspecified atom stereocenters.